The van der Waals surface area contributed by atoms with Crippen LogP contribution < -0.4 is 5.32 Å². The summed E-state index contributed by atoms with van der Waals surface area (Å²) >= 11 is 1.53. The summed E-state index contributed by atoms with van der Waals surface area (Å²) in [4.78, 5) is 38.2. The fraction of sp³-hybridized carbons (Fsp3) is 0.286. The standard InChI is InChI=1S/C21H22N2O4S/c1-13-6-7-17(14(2)8-13)22-20(25)18-11-28-12-23(18)19(24)10-15-4-3-5-16(9-15)21(26)27/h3-9,18H,10-12H2,1-2H3,(H,22,25)(H,26,27). The van der Waals surface area contributed by atoms with Crippen LogP contribution in [0.2, 0.25) is 0 Å². The second-order valence-electron chi connectivity index (χ2n) is 6.87. The molecule has 2 aromatic carbocycles. The summed E-state index contributed by atoms with van der Waals surface area (Å²) in [6.07, 6.45) is 0.0645. The smallest absolute Gasteiger partial charge is 0.335 e. The number of aromatic carboxylic acids is 1. The monoisotopic (exact) mass is 398 g/mol. The Morgan fingerprint density at radius 3 is 2.68 bits per heavy atom. The number of amides is 2. The van der Waals surface area contributed by atoms with Gasteiger partial charge < -0.3 is 15.3 Å². The molecular formula is C21H22N2O4S. The van der Waals surface area contributed by atoms with Gasteiger partial charge in [-0.05, 0) is 43.2 Å². The fourth-order valence-electron chi connectivity index (χ4n) is 3.17. The maximum atomic E-state index is 12.8. The molecule has 0 spiro atoms. The van der Waals surface area contributed by atoms with Crippen molar-refractivity contribution in [3.8, 4) is 0 Å². The highest BCUT2D eigenvalue weighted by Gasteiger charge is 2.34. The lowest BCUT2D eigenvalue weighted by Crippen LogP contribution is -2.45. The summed E-state index contributed by atoms with van der Waals surface area (Å²) < 4.78 is 0. The molecule has 0 aliphatic carbocycles. The first-order valence-electron chi connectivity index (χ1n) is 8.92. The molecule has 0 bridgehead atoms. The molecule has 6 nitrogen and oxygen atoms in total. The zero-order chi connectivity index (χ0) is 20.3. The molecule has 1 aliphatic rings. The number of carboxylic acids is 1. The molecule has 1 aliphatic heterocycles. The number of nitrogens with zero attached hydrogens (tertiary/aromatic N) is 1. The Labute approximate surface area is 167 Å². The Morgan fingerprint density at radius 1 is 1.18 bits per heavy atom. The van der Waals surface area contributed by atoms with Crippen LogP contribution in [0.1, 0.15) is 27.0 Å². The molecule has 3 rings (SSSR count). The molecule has 1 unspecified atom stereocenters. The lowest BCUT2D eigenvalue weighted by Gasteiger charge is -2.23. The maximum Gasteiger partial charge on any atom is 0.335 e. The van der Waals surface area contributed by atoms with E-state index in [0.29, 0.717) is 17.2 Å². The number of carboxylic acid groups (broad SMARTS) is 1. The number of nitrogens with one attached hydrogen (secondary N) is 1. The minimum Gasteiger partial charge on any atom is -0.478 e. The molecule has 2 N–H and O–H groups in total. The number of hydrogen-bond donors (Lipinski definition) is 2. The first kappa shape index (κ1) is 19.9. The maximum absolute atomic E-state index is 12.8. The first-order valence-corrected chi connectivity index (χ1v) is 10.1. The second kappa shape index (κ2) is 8.48. The van der Waals surface area contributed by atoms with E-state index in [-0.39, 0.29) is 23.8 Å². The Hall–Kier alpha value is -2.80. The fourth-order valence-corrected chi connectivity index (χ4v) is 4.35. The van der Waals surface area contributed by atoms with E-state index in [1.807, 2.05) is 32.0 Å². The Balaban J connectivity index is 1.69. The van der Waals surface area contributed by atoms with Crippen LogP contribution in [0, 0.1) is 13.8 Å². The predicted octanol–water partition coefficient (Wildman–Crippen LogP) is 3.08. The Bertz CT molecular complexity index is 928. The van der Waals surface area contributed by atoms with Crippen molar-refractivity contribution in [2.75, 3.05) is 16.9 Å². The molecule has 1 atom stereocenters. The molecule has 1 fully saturated rings. The van der Waals surface area contributed by atoms with Crippen LogP contribution in [-0.4, -0.2) is 45.5 Å². The van der Waals surface area contributed by atoms with Gasteiger partial charge in [0.15, 0.2) is 0 Å². The zero-order valence-corrected chi connectivity index (χ0v) is 16.6. The molecule has 1 heterocycles. The van der Waals surface area contributed by atoms with Crippen molar-refractivity contribution < 1.29 is 19.5 Å². The van der Waals surface area contributed by atoms with Gasteiger partial charge in [0.05, 0.1) is 17.9 Å². The van der Waals surface area contributed by atoms with Crippen molar-refractivity contribution in [1.29, 1.82) is 0 Å². The SMILES string of the molecule is Cc1ccc(NC(=O)C2CSCN2C(=O)Cc2cccc(C(=O)O)c2)c(C)c1. The van der Waals surface area contributed by atoms with Gasteiger partial charge in [0.25, 0.3) is 0 Å². The minimum atomic E-state index is -1.03. The Kier molecular flexibility index (Phi) is 6.04. The summed E-state index contributed by atoms with van der Waals surface area (Å²) in [5.41, 5.74) is 3.60. The number of hydrogen-bond acceptors (Lipinski definition) is 4. The average molecular weight is 398 g/mol. The van der Waals surface area contributed by atoms with E-state index >= 15 is 0 Å². The summed E-state index contributed by atoms with van der Waals surface area (Å²) in [6, 6.07) is 11.6. The molecular weight excluding hydrogens is 376 g/mol. The number of benzene rings is 2. The third-order valence-electron chi connectivity index (χ3n) is 4.67. The average Bonchev–Trinajstić information content (AvgIpc) is 3.14. The number of anilines is 1. The lowest BCUT2D eigenvalue weighted by molar-refractivity contribution is -0.135. The summed E-state index contributed by atoms with van der Waals surface area (Å²) in [5.74, 6) is -0.435. The van der Waals surface area contributed by atoms with Gasteiger partial charge >= 0.3 is 5.97 Å². The van der Waals surface area contributed by atoms with E-state index in [9.17, 15) is 14.4 Å². The zero-order valence-electron chi connectivity index (χ0n) is 15.8. The highest BCUT2D eigenvalue weighted by molar-refractivity contribution is 7.99. The second-order valence-corrected chi connectivity index (χ2v) is 7.87. The van der Waals surface area contributed by atoms with Gasteiger partial charge in [-0.2, -0.15) is 0 Å². The van der Waals surface area contributed by atoms with Gasteiger partial charge in [-0.15, -0.1) is 11.8 Å². The van der Waals surface area contributed by atoms with Gasteiger partial charge in [0.1, 0.15) is 6.04 Å². The van der Waals surface area contributed by atoms with Crippen molar-refractivity contribution >= 4 is 35.2 Å². The van der Waals surface area contributed by atoms with E-state index in [1.54, 1.807) is 17.0 Å². The number of carbonyl (C=O) groups is 3. The quantitative estimate of drug-likeness (QED) is 0.808. The molecule has 146 valence electrons. The minimum absolute atomic E-state index is 0.0645. The molecule has 1 saturated heterocycles. The Morgan fingerprint density at radius 2 is 1.96 bits per heavy atom. The third kappa shape index (κ3) is 4.54. The molecule has 28 heavy (non-hydrogen) atoms. The number of aryl methyl sites for hydroxylation is 2. The van der Waals surface area contributed by atoms with E-state index < -0.39 is 12.0 Å². The number of carbonyl (C=O) groups excluding carboxylic acids is 2. The van der Waals surface area contributed by atoms with Gasteiger partial charge in [0, 0.05) is 11.4 Å². The van der Waals surface area contributed by atoms with Crippen LogP contribution in [0.15, 0.2) is 42.5 Å². The molecule has 0 aromatic heterocycles. The van der Waals surface area contributed by atoms with Crippen molar-refractivity contribution in [2.24, 2.45) is 0 Å². The van der Waals surface area contributed by atoms with Gasteiger partial charge in [0.2, 0.25) is 11.8 Å². The molecule has 7 heteroatoms. The van der Waals surface area contributed by atoms with Gasteiger partial charge in [-0.1, -0.05) is 29.8 Å². The number of thioether (sulfide) groups is 1. The van der Waals surface area contributed by atoms with E-state index in [1.165, 1.54) is 23.9 Å². The molecule has 2 amide bonds. The highest BCUT2D eigenvalue weighted by atomic mass is 32.2. The van der Waals surface area contributed by atoms with Crippen LogP contribution in [0.4, 0.5) is 5.69 Å². The van der Waals surface area contributed by atoms with Crippen molar-refractivity contribution in [2.45, 2.75) is 26.3 Å². The van der Waals surface area contributed by atoms with Crippen LogP contribution >= 0.6 is 11.8 Å². The summed E-state index contributed by atoms with van der Waals surface area (Å²) in [5, 5.41) is 12.0. The first-order chi connectivity index (χ1) is 13.3. The van der Waals surface area contributed by atoms with Gasteiger partial charge in [-0.25, -0.2) is 4.79 Å². The van der Waals surface area contributed by atoms with Crippen LogP contribution in [0.3, 0.4) is 0 Å². The molecule has 0 saturated carbocycles. The van der Waals surface area contributed by atoms with Gasteiger partial charge in [-0.3, -0.25) is 9.59 Å². The third-order valence-corrected chi connectivity index (χ3v) is 5.69. The van der Waals surface area contributed by atoms with E-state index in [2.05, 4.69) is 5.32 Å². The predicted molar refractivity (Wildman–Crippen MR) is 110 cm³/mol. The van der Waals surface area contributed by atoms with Crippen LogP contribution in [-0.2, 0) is 16.0 Å². The van der Waals surface area contributed by atoms with Crippen molar-refractivity contribution in [3.63, 3.8) is 0 Å². The highest BCUT2D eigenvalue weighted by Crippen LogP contribution is 2.24. The van der Waals surface area contributed by atoms with Crippen LogP contribution in [0.25, 0.3) is 0 Å². The lowest BCUT2D eigenvalue weighted by atomic mass is 10.1. The van der Waals surface area contributed by atoms with E-state index in [4.69, 9.17) is 5.11 Å². The normalized spacial score (nSPS) is 16.1. The summed E-state index contributed by atoms with van der Waals surface area (Å²) in [7, 11) is 0. The largest absolute Gasteiger partial charge is 0.478 e. The van der Waals surface area contributed by atoms with Crippen molar-refractivity contribution in [3.05, 3.63) is 64.7 Å². The van der Waals surface area contributed by atoms with Crippen molar-refractivity contribution in [1.82, 2.24) is 4.90 Å². The van der Waals surface area contributed by atoms with E-state index in [0.717, 1.165) is 16.8 Å². The topological polar surface area (TPSA) is 86.7 Å². The molecule has 0 radical (unpaired) electrons. The molecule has 2 aromatic rings. The summed E-state index contributed by atoms with van der Waals surface area (Å²) in [6.45, 7) is 3.93. The number of rotatable bonds is 5. The van der Waals surface area contributed by atoms with Crippen LogP contribution in [0.5, 0.6) is 0 Å².